The van der Waals surface area contributed by atoms with Gasteiger partial charge in [0, 0.05) is 12.2 Å². The van der Waals surface area contributed by atoms with Crippen LogP contribution in [0.2, 0.25) is 0 Å². The molecule has 102 valence electrons. The number of halogens is 2. The smallest absolute Gasteiger partial charge is 0.255 e. The summed E-state index contributed by atoms with van der Waals surface area (Å²) in [5, 5.41) is 0. The Balaban J connectivity index is 2.82. The summed E-state index contributed by atoms with van der Waals surface area (Å²) in [7, 11) is -1.24. The molecule has 0 aliphatic carbocycles. The molecule has 1 heterocycles. The Bertz CT molecular complexity index is 432. The molecule has 1 unspecified atom stereocenters. The normalized spacial score (nSPS) is 15.7. The van der Waals surface area contributed by atoms with Gasteiger partial charge in [0.05, 0.1) is 15.7 Å². The second-order valence-electron chi connectivity index (χ2n) is 5.04. The largest absolute Gasteiger partial charge is 0.280 e. The molecule has 0 aromatic carbocycles. The van der Waals surface area contributed by atoms with E-state index < -0.39 is 22.2 Å². The van der Waals surface area contributed by atoms with E-state index in [1.165, 1.54) is 12.3 Å². The number of rotatable bonds is 4. The monoisotopic (exact) mass is 276 g/mol. The first-order chi connectivity index (χ1) is 8.21. The van der Waals surface area contributed by atoms with E-state index in [0.717, 1.165) is 0 Å². The third-order valence-corrected chi connectivity index (χ3v) is 4.05. The molecule has 0 aliphatic rings. The maximum Gasteiger partial charge on any atom is 0.280 e. The molecule has 0 fully saturated rings. The highest BCUT2D eigenvalue weighted by molar-refractivity contribution is 7.84. The molecule has 1 N–H and O–H groups in total. The summed E-state index contributed by atoms with van der Waals surface area (Å²) in [6, 6.07) is 2.71. The lowest BCUT2D eigenvalue weighted by Gasteiger charge is -2.22. The van der Waals surface area contributed by atoms with Gasteiger partial charge in [0.1, 0.15) is 5.69 Å². The Morgan fingerprint density at radius 1 is 1.39 bits per heavy atom. The van der Waals surface area contributed by atoms with Crippen molar-refractivity contribution in [2.75, 3.05) is 0 Å². The van der Waals surface area contributed by atoms with E-state index in [1.807, 2.05) is 20.8 Å². The molecular weight excluding hydrogens is 258 g/mol. The van der Waals surface area contributed by atoms with Crippen molar-refractivity contribution in [2.24, 2.45) is 0 Å². The van der Waals surface area contributed by atoms with Crippen LogP contribution in [-0.4, -0.2) is 13.9 Å². The molecule has 3 nitrogen and oxygen atoms in total. The fourth-order valence-corrected chi connectivity index (χ4v) is 2.07. The molecule has 0 saturated carbocycles. The maximum absolute atomic E-state index is 12.5. The Morgan fingerprint density at radius 2 is 2.00 bits per heavy atom. The zero-order valence-electron chi connectivity index (χ0n) is 10.9. The predicted octanol–water partition coefficient (Wildman–Crippen LogP) is 3.13. The van der Waals surface area contributed by atoms with E-state index in [9.17, 15) is 13.0 Å². The van der Waals surface area contributed by atoms with Gasteiger partial charge in [0.25, 0.3) is 6.43 Å². The highest BCUT2D eigenvalue weighted by Crippen LogP contribution is 2.21. The minimum atomic E-state index is -2.59. The first-order valence-corrected chi connectivity index (χ1v) is 6.79. The molecule has 6 heteroatoms. The highest BCUT2D eigenvalue weighted by Gasteiger charge is 2.22. The van der Waals surface area contributed by atoms with Gasteiger partial charge in [-0.2, -0.15) is 0 Å². The molecule has 2 atom stereocenters. The zero-order chi connectivity index (χ0) is 13.9. The van der Waals surface area contributed by atoms with Crippen molar-refractivity contribution in [2.45, 2.75) is 44.9 Å². The summed E-state index contributed by atoms with van der Waals surface area (Å²) < 4.78 is 39.4. The molecular formula is C12H18F2N2OS. The lowest BCUT2D eigenvalue weighted by Crippen LogP contribution is -2.34. The second kappa shape index (κ2) is 5.84. The average molecular weight is 276 g/mol. The van der Waals surface area contributed by atoms with Crippen molar-refractivity contribution >= 4 is 11.0 Å². The topological polar surface area (TPSA) is 42.0 Å². The third kappa shape index (κ3) is 4.10. The summed E-state index contributed by atoms with van der Waals surface area (Å²) >= 11 is 0. The van der Waals surface area contributed by atoms with Crippen LogP contribution < -0.4 is 4.72 Å². The van der Waals surface area contributed by atoms with Gasteiger partial charge in [0.2, 0.25) is 0 Å². The van der Waals surface area contributed by atoms with Crippen LogP contribution in [0.15, 0.2) is 18.3 Å². The van der Waals surface area contributed by atoms with E-state index in [4.69, 9.17) is 0 Å². The van der Waals surface area contributed by atoms with Crippen molar-refractivity contribution in [3.05, 3.63) is 29.6 Å². The van der Waals surface area contributed by atoms with E-state index >= 15 is 0 Å². The first kappa shape index (κ1) is 15.2. The van der Waals surface area contributed by atoms with Crippen molar-refractivity contribution in [3.63, 3.8) is 0 Å². The molecule has 0 aliphatic heterocycles. The maximum atomic E-state index is 12.5. The average Bonchev–Trinajstić information content (AvgIpc) is 2.27. The van der Waals surface area contributed by atoms with Crippen molar-refractivity contribution in [1.29, 1.82) is 0 Å². The van der Waals surface area contributed by atoms with E-state index in [-0.39, 0.29) is 11.7 Å². The van der Waals surface area contributed by atoms with Gasteiger partial charge in [-0.1, -0.05) is 0 Å². The minimum absolute atomic E-state index is 0.261. The molecule has 0 saturated heterocycles. The molecule has 1 rings (SSSR count). The van der Waals surface area contributed by atoms with Gasteiger partial charge in [-0.15, -0.1) is 0 Å². The van der Waals surface area contributed by atoms with Crippen LogP contribution in [0.25, 0.3) is 0 Å². The molecule has 0 bridgehead atoms. The van der Waals surface area contributed by atoms with Crippen LogP contribution >= 0.6 is 0 Å². The van der Waals surface area contributed by atoms with Crippen LogP contribution in [0.1, 0.15) is 51.4 Å². The fraction of sp³-hybridized carbons (Fsp3) is 0.583. The van der Waals surface area contributed by atoms with Gasteiger partial charge >= 0.3 is 0 Å². The predicted molar refractivity (Wildman–Crippen MR) is 68.6 cm³/mol. The highest BCUT2D eigenvalue weighted by atomic mass is 32.2. The van der Waals surface area contributed by atoms with Crippen molar-refractivity contribution in [3.8, 4) is 0 Å². The van der Waals surface area contributed by atoms with Crippen LogP contribution in [0.5, 0.6) is 0 Å². The number of alkyl halides is 2. The van der Waals surface area contributed by atoms with E-state index in [2.05, 4.69) is 9.71 Å². The lowest BCUT2D eigenvalue weighted by atomic mass is 10.1. The molecule has 0 spiro atoms. The quantitative estimate of drug-likeness (QED) is 0.918. The Labute approximate surface area is 109 Å². The number of aromatic nitrogens is 1. The van der Waals surface area contributed by atoms with E-state index in [1.54, 1.807) is 13.0 Å². The third-order valence-electron chi connectivity index (χ3n) is 2.37. The number of hydrogen-bond acceptors (Lipinski definition) is 2. The molecule has 0 radical (unpaired) electrons. The van der Waals surface area contributed by atoms with Gasteiger partial charge < -0.3 is 0 Å². The summed E-state index contributed by atoms with van der Waals surface area (Å²) in [4.78, 5) is 3.60. The SMILES string of the molecule is C[C@@H](NS(=O)C(C)(C)C)c1ccnc(C(F)F)c1. The summed E-state index contributed by atoms with van der Waals surface area (Å²) in [6.45, 7) is 7.33. The molecule has 1 aromatic heterocycles. The molecule has 18 heavy (non-hydrogen) atoms. The van der Waals surface area contributed by atoms with Crippen molar-refractivity contribution < 1.29 is 13.0 Å². The number of pyridine rings is 1. The van der Waals surface area contributed by atoms with Crippen LogP contribution in [0.4, 0.5) is 8.78 Å². The summed E-state index contributed by atoms with van der Waals surface area (Å²) in [6.07, 6.45) is -1.25. The van der Waals surface area contributed by atoms with Gasteiger partial charge in [-0.25, -0.2) is 17.7 Å². The summed E-state index contributed by atoms with van der Waals surface area (Å²) in [5.41, 5.74) is 0.389. The zero-order valence-corrected chi connectivity index (χ0v) is 11.7. The second-order valence-corrected chi connectivity index (χ2v) is 7.03. The number of nitrogens with one attached hydrogen (secondary N) is 1. The molecule has 1 aromatic rings. The van der Waals surface area contributed by atoms with Gasteiger partial charge in [-0.05, 0) is 45.4 Å². The van der Waals surface area contributed by atoms with Crippen LogP contribution in [0, 0.1) is 0 Å². The Hall–Kier alpha value is -0.880. The lowest BCUT2D eigenvalue weighted by molar-refractivity contribution is 0.146. The van der Waals surface area contributed by atoms with Gasteiger partial charge in [0.15, 0.2) is 0 Å². The van der Waals surface area contributed by atoms with Crippen molar-refractivity contribution in [1.82, 2.24) is 9.71 Å². The Morgan fingerprint density at radius 3 is 2.50 bits per heavy atom. The first-order valence-electron chi connectivity index (χ1n) is 5.64. The Kier molecular flexibility index (Phi) is 4.92. The fourth-order valence-electron chi connectivity index (χ4n) is 1.26. The number of hydrogen-bond donors (Lipinski definition) is 1. The van der Waals surface area contributed by atoms with Crippen LogP contribution in [0.3, 0.4) is 0 Å². The van der Waals surface area contributed by atoms with Crippen LogP contribution in [-0.2, 0) is 11.0 Å². The summed E-state index contributed by atoms with van der Waals surface area (Å²) in [5.74, 6) is 0. The standard InChI is InChI=1S/C12H18F2N2OS/c1-8(16-18(17)12(2,3)4)9-5-6-15-10(7-9)11(13)14/h5-8,11,16H,1-4H3/t8-,18?/m1/s1. The molecule has 0 amide bonds. The van der Waals surface area contributed by atoms with E-state index in [0.29, 0.717) is 5.56 Å². The van der Waals surface area contributed by atoms with Gasteiger partial charge in [-0.3, -0.25) is 4.98 Å². The minimum Gasteiger partial charge on any atom is -0.255 e. The number of nitrogens with zero attached hydrogens (tertiary/aromatic N) is 1.